The van der Waals surface area contributed by atoms with E-state index in [1.165, 1.54) is 0 Å². The maximum absolute atomic E-state index is 12.8. The molecule has 164 valence electrons. The van der Waals surface area contributed by atoms with Crippen LogP contribution in [0, 0.1) is 31.6 Å². The predicted octanol–water partition coefficient (Wildman–Crippen LogP) is 2.48. The second-order valence-electron chi connectivity index (χ2n) is 9.52. The normalized spacial score (nSPS) is 26.4. The molecule has 3 heterocycles. The molecule has 8 nitrogen and oxygen atoms in total. The van der Waals surface area contributed by atoms with E-state index >= 15 is 0 Å². The molecule has 1 N–H and O–H groups in total. The maximum atomic E-state index is 12.8. The van der Waals surface area contributed by atoms with Crippen LogP contribution in [-0.4, -0.2) is 55.3 Å². The molecule has 2 fully saturated rings. The molecule has 2 aromatic rings. The molecule has 1 amide bonds. The van der Waals surface area contributed by atoms with Crippen molar-refractivity contribution in [3.05, 3.63) is 28.9 Å². The van der Waals surface area contributed by atoms with Gasteiger partial charge in [0.15, 0.2) is 0 Å². The van der Waals surface area contributed by atoms with Crippen LogP contribution in [0.15, 0.2) is 10.7 Å². The van der Waals surface area contributed by atoms with E-state index in [1.807, 2.05) is 29.6 Å². The summed E-state index contributed by atoms with van der Waals surface area (Å²) in [5.74, 6) is 2.26. The number of rotatable bonds is 6. The van der Waals surface area contributed by atoms with Gasteiger partial charge in [0.2, 0.25) is 5.91 Å². The first-order valence-electron chi connectivity index (χ1n) is 11.1. The Morgan fingerprint density at radius 2 is 2.00 bits per heavy atom. The van der Waals surface area contributed by atoms with E-state index in [1.54, 1.807) is 0 Å². The highest BCUT2D eigenvalue weighted by molar-refractivity contribution is 5.76. The number of likely N-dealkylation sites (tertiary alicyclic amines) is 1. The van der Waals surface area contributed by atoms with Crippen molar-refractivity contribution >= 4 is 5.91 Å². The molecule has 2 aliphatic rings. The molecule has 1 aliphatic heterocycles. The molecule has 0 spiro atoms. The topological polar surface area (TPSA) is 97.3 Å². The summed E-state index contributed by atoms with van der Waals surface area (Å²) in [7, 11) is 0. The molecule has 0 bridgehead atoms. The van der Waals surface area contributed by atoms with Crippen molar-refractivity contribution in [2.75, 3.05) is 13.1 Å². The van der Waals surface area contributed by atoms with Gasteiger partial charge in [-0.3, -0.25) is 4.79 Å². The average molecular weight is 416 g/mol. The molecule has 1 aliphatic carbocycles. The van der Waals surface area contributed by atoms with Gasteiger partial charge >= 0.3 is 0 Å². The molecule has 30 heavy (non-hydrogen) atoms. The number of aryl methyl sites for hydroxylation is 2. The molecule has 4 atom stereocenters. The first-order valence-corrected chi connectivity index (χ1v) is 11.1. The van der Waals surface area contributed by atoms with Crippen LogP contribution in [0.5, 0.6) is 0 Å². The van der Waals surface area contributed by atoms with E-state index in [0.29, 0.717) is 37.0 Å². The zero-order valence-electron chi connectivity index (χ0n) is 18.4. The highest BCUT2D eigenvalue weighted by atomic mass is 16.5. The van der Waals surface area contributed by atoms with E-state index in [0.717, 1.165) is 48.6 Å². The van der Waals surface area contributed by atoms with E-state index in [9.17, 15) is 9.90 Å². The molecule has 0 unspecified atom stereocenters. The van der Waals surface area contributed by atoms with Crippen LogP contribution in [0.25, 0.3) is 0 Å². The number of amides is 1. The summed E-state index contributed by atoms with van der Waals surface area (Å²) in [6, 6.07) is -0.0583. The number of hydrogen-bond acceptors (Lipinski definition) is 6. The van der Waals surface area contributed by atoms with Gasteiger partial charge < -0.3 is 14.5 Å². The van der Waals surface area contributed by atoms with Gasteiger partial charge in [0.25, 0.3) is 0 Å². The third kappa shape index (κ3) is 4.29. The van der Waals surface area contributed by atoms with Crippen LogP contribution in [0.1, 0.15) is 61.9 Å². The maximum Gasteiger partial charge on any atom is 0.222 e. The van der Waals surface area contributed by atoms with Crippen LogP contribution in [0.3, 0.4) is 0 Å². The average Bonchev–Trinajstić information content (AvgIpc) is 3.38. The number of hydrogen-bond donors (Lipinski definition) is 1. The fourth-order valence-corrected chi connectivity index (χ4v) is 5.13. The Morgan fingerprint density at radius 3 is 2.67 bits per heavy atom. The number of carbonyl (C=O) groups excluding carboxylic acids is 1. The lowest BCUT2D eigenvalue weighted by Gasteiger charge is -2.34. The molecular weight excluding hydrogens is 382 g/mol. The fraction of sp³-hybridized carbons (Fsp3) is 0.727. The zero-order chi connectivity index (χ0) is 21.4. The lowest BCUT2D eigenvalue weighted by molar-refractivity contribution is -0.130. The van der Waals surface area contributed by atoms with Crippen LogP contribution in [0.4, 0.5) is 0 Å². The Balaban J connectivity index is 1.35. The molecule has 2 aromatic heterocycles. The Labute approximate surface area is 177 Å². The predicted molar refractivity (Wildman–Crippen MR) is 111 cm³/mol. The van der Waals surface area contributed by atoms with Gasteiger partial charge in [0.05, 0.1) is 23.5 Å². The first-order chi connectivity index (χ1) is 14.3. The van der Waals surface area contributed by atoms with Crippen molar-refractivity contribution < 1.29 is 14.4 Å². The Hall–Kier alpha value is -2.22. The molecule has 8 heteroatoms. The fourth-order valence-electron chi connectivity index (χ4n) is 5.13. The molecule has 1 saturated carbocycles. The Bertz CT molecular complexity index is 870. The lowest BCUT2D eigenvalue weighted by atomic mass is 9.77. The summed E-state index contributed by atoms with van der Waals surface area (Å²) in [5.41, 5.74) is 2.88. The monoisotopic (exact) mass is 415 g/mol. The standard InChI is InChI=1S/C22H33N5O3/c1-13(2)7-18-12-27(25-23-18)20-8-16-10-26(11-17(16)9-21(20)28)22(29)6-5-19-14(3)24-30-15(19)4/h12-13,16-17,20-21,28H,5-11H2,1-4H3/t16-,17+,20-,21-/m1/s1. The molecule has 1 saturated heterocycles. The van der Waals surface area contributed by atoms with Crippen LogP contribution >= 0.6 is 0 Å². The van der Waals surface area contributed by atoms with Crippen LogP contribution in [0.2, 0.25) is 0 Å². The Morgan fingerprint density at radius 1 is 1.27 bits per heavy atom. The van der Waals surface area contributed by atoms with Gasteiger partial charge in [-0.2, -0.15) is 0 Å². The van der Waals surface area contributed by atoms with Crippen molar-refractivity contribution in [2.24, 2.45) is 17.8 Å². The SMILES string of the molecule is Cc1noc(C)c1CCC(=O)N1C[C@H]2C[C@@H](n3cc(CC(C)C)nn3)[C@H](O)C[C@H]2C1. The smallest absolute Gasteiger partial charge is 0.222 e. The number of aromatic nitrogens is 4. The highest BCUT2D eigenvalue weighted by Gasteiger charge is 2.43. The molecule has 0 aromatic carbocycles. The highest BCUT2D eigenvalue weighted by Crippen LogP contribution is 2.41. The third-order valence-corrected chi connectivity index (χ3v) is 6.75. The minimum absolute atomic E-state index is 0.0583. The van der Waals surface area contributed by atoms with Gasteiger partial charge in [-0.25, -0.2) is 4.68 Å². The molecular formula is C22H33N5O3. The van der Waals surface area contributed by atoms with Crippen LogP contribution in [-0.2, 0) is 17.6 Å². The number of aliphatic hydroxyl groups is 1. The summed E-state index contributed by atoms with van der Waals surface area (Å²) < 4.78 is 7.05. The van der Waals surface area contributed by atoms with Crippen molar-refractivity contribution in [3.63, 3.8) is 0 Å². The van der Waals surface area contributed by atoms with Gasteiger partial charge in [-0.15, -0.1) is 5.10 Å². The summed E-state index contributed by atoms with van der Waals surface area (Å²) in [5, 5.41) is 23.3. The van der Waals surface area contributed by atoms with Crippen LogP contribution < -0.4 is 0 Å². The number of carbonyl (C=O) groups is 1. The minimum atomic E-state index is -0.447. The van der Waals surface area contributed by atoms with Gasteiger partial charge in [0, 0.05) is 31.3 Å². The molecule has 4 rings (SSSR count). The van der Waals surface area contributed by atoms with E-state index < -0.39 is 6.10 Å². The van der Waals surface area contributed by atoms with E-state index in [-0.39, 0.29) is 11.9 Å². The largest absolute Gasteiger partial charge is 0.391 e. The summed E-state index contributed by atoms with van der Waals surface area (Å²) in [6.07, 6.45) is 5.10. The van der Waals surface area contributed by atoms with E-state index in [2.05, 4.69) is 29.3 Å². The van der Waals surface area contributed by atoms with Crippen molar-refractivity contribution in [1.29, 1.82) is 0 Å². The van der Waals surface area contributed by atoms with Crippen molar-refractivity contribution in [2.45, 2.75) is 71.9 Å². The minimum Gasteiger partial charge on any atom is -0.391 e. The lowest BCUT2D eigenvalue weighted by Crippen LogP contribution is -2.36. The quantitative estimate of drug-likeness (QED) is 0.778. The number of fused-ring (bicyclic) bond motifs is 1. The zero-order valence-corrected chi connectivity index (χ0v) is 18.4. The van der Waals surface area contributed by atoms with Crippen molar-refractivity contribution in [3.8, 4) is 0 Å². The summed E-state index contributed by atoms with van der Waals surface area (Å²) in [4.78, 5) is 14.8. The molecule has 0 radical (unpaired) electrons. The third-order valence-electron chi connectivity index (χ3n) is 6.75. The first kappa shape index (κ1) is 21.0. The Kier molecular flexibility index (Phi) is 5.95. The van der Waals surface area contributed by atoms with E-state index in [4.69, 9.17) is 4.52 Å². The number of nitrogens with zero attached hydrogens (tertiary/aromatic N) is 5. The summed E-state index contributed by atoms with van der Waals surface area (Å²) >= 11 is 0. The van der Waals surface area contributed by atoms with Gasteiger partial charge in [-0.05, 0) is 57.3 Å². The second kappa shape index (κ2) is 8.49. The number of aliphatic hydroxyl groups excluding tert-OH is 1. The summed E-state index contributed by atoms with van der Waals surface area (Å²) in [6.45, 7) is 9.64. The van der Waals surface area contributed by atoms with Gasteiger partial charge in [-0.1, -0.05) is 24.2 Å². The second-order valence-corrected chi connectivity index (χ2v) is 9.52. The van der Waals surface area contributed by atoms with Crippen molar-refractivity contribution in [1.82, 2.24) is 25.1 Å². The van der Waals surface area contributed by atoms with Gasteiger partial charge in [0.1, 0.15) is 5.76 Å².